The van der Waals surface area contributed by atoms with Crippen molar-refractivity contribution < 1.29 is 29.0 Å². The smallest absolute Gasteiger partial charge is 0.303 e. The van der Waals surface area contributed by atoms with Gasteiger partial charge in [-0.05, 0) is 73.6 Å². The first-order chi connectivity index (χ1) is 20.5. The van der Waals surface area contributed by atoms with Crippen molar-refractivity contribution in [2.24, 2.45) is 0 Å². The van der Waals surface area contributed by atoms with Gasteiger partial charge in [-0.15, -0.1) is 0 Å². The first-order valence-corrected chi connectivity index (χ1v) is 14.2. The van der Waals surface area contributed by atoms with Crippen LogP contribution in [0.1, 0.15) is 65.3 Å². The van der Waals surface area contributed by atoms with Gasteiger partial charge >= 0.3 is 5.97 Å². The summed E-state index contributed by atoms with van der Waals surface area (Å²) in [7, 11) is 0. The third-order valence-electron chi connectivity index (χ3n) is 8.43. The number of allylic oxidation sites excluding steroid dienone is 1. The van der Waals surface area contributed by atoms with E-state index in [-0.39, 0.29) is 30.9 Å². The Kier molecular flexibility index (Phi) is 9.38. The SMILES string of the molecule is C=CC1=C(C)C(=Cc2[nH]c(Cc3[nH]c(CC4NC(=O)C(C)=C4C=C)c(C)c3CCOC=O)c(CCC(=O)O)c2C)NC1=O. The zero-order valence-corrected chi connectivity index (χ0v) is 25.0. The molecule has 2 amide bonds. The number of nitrogens with one attached hydrogen (secondary N) is 4. The number of H-pyrrole nitrogens is 2. The van der Waals surface area contributed by atoms with E-state index < -0.39 is 5.97 Å². The number of hydrogen-bond acceptors (Lipinski definition) is 5. The van der Waals surface area contributed by atoms with Crippen molar-refractivity contribution in [1.29, 1.82) is 0 Å². The van der Waals surface area contributed by atoms with E-state index in [0.29, 0.717) is 49.0 Å². The number of ether oxygens (including phenoxy) is 1. The molecule has 2 aromatic heterocycles. The molecule has 43 heavy (non-hydrogen) atoms. The molecule has 10 heteroatoms. The minimum absolute atomic E-state index is 0.0373. The van der Waals surface area contributed by atoms with Gasteiger partial charge in [0, 0.05) is 65.3 Å². The summed E-state index contributed by atoms with van der Waals surface area (Å²) in [5, 5.41) is 15.4. The molecule has 1 atom stereocenters. The summed E-state index contributed by atoms with van der Waals surface area (Å²) < 4.78 is 5.03. The fourth-order valence-corrected chi connectivity index (χ4v) is 5.96. The maximum Gasteiger partial charge on any atom is 0.303 e. The summed E-state index contributed by atoms with van der Waals surface area (Å²) >= 11 is 0. The molecule has 5 N–H and O–H groups in total. The highest BCUT2D eigenvalue weighted by Gasteiger charge is 2.29. The second-order valence-corrected chi connectivity index (χ2v) is 10.9. The summed E-state index contributed by atoms with van der Waals surface area (Å²) in [6.07, 6.45) is 6.85. The van der Waals surface area contributed by atoms with Crippen LogP contribution in [-0.2, 0) is 49.6 Å². The standard InChI is InChI=1S/C33H38N4O6/c1-7-21-20(6)32(41)37-28(21)14-26-19(5)24(11-12-43-16-38)30(35-26)15-29-23(9-10-31(39)40)18(4)25(34-29)13-27-17(3)22(8-2)33(42)36-27/h7-8,13,16,28,34-35H,1-2,9-12,14-15H2,3-6H3,(H,36,42)(H,37,41)(H,39,40). The quantitative estimate of drug-likeness (QED) is 0.168. The molecule has 1 unspecified atom stereocenters. The number of carbonyl (C=O) groups excluding carboxylic acids is 3. The van der Waals surface area contributed by atoms with E-state index in [1.807, 2.05) is 26.8 Å². The Labute approximate surface area is 250 Å². The molecule has 10 nitrogen and oxygen atoms in total. The average Bonchev–Trinajstić information content (AvgIpc) is 3.60. The molecule has 0 saturated heterocycles. The van der Waals surface area contributed by atoms with Crippen LogP contribution in [-0.4, -0.2) is 52.0 Å². The molecule has 4 rings (SSSR count). The van der Waals surface area contributed by atoms with Crippen LogP contribution < -0.4 is 10.6 Å². The van der Waals surface area contributed by atoms with Crippen LogP contribution in [0.4, 0.5) is 0 Å². The second kappa shape index (κ2) is 13.0. The molecule has 0 spiro atoms. The zero-order valence-electron chi connectivity index (χ0n) is 25.0. The molecule has 226 valence electrons. The maximum atomic E-state index is 12.3. The van der Waals surface area contributed by atoms with E-state index in [9.17, 15) is 24.3 Å². The number of rotatable bonds is 14. The van der Waals surface area contributed by atoms with Gasteiger partial charge in [0.15, 0.2) is 0 Å². The van der Waals surface area contributed by atoms with Gasteiger partial charge in [0.2, 0.25) is 5.91 Å². The Hall–Kier alpha value is -4.86. The van der Waals surface area contributed by atoms with E-state index in [0.717, 1.165) is 56.2 Å². The van der Waals surface area contributed by atoms with E-state index in [1.54, 1.807) is 13.0 Å². The first kappa shape index (κ1) is 31.1. The molecule has 2 aliphatic rings. The number of amides is 2. The van der Waals surface area contributed by atoms with Gasteiger partial charge in [-0.25, -0.2) is 0 Å². The van der Waals surface area contributed by atoms with Crippen LogP contribution in [0.3, 0.4) is 0 Å². The summed E-state index contributed by atoms with van der Waals surface area (Å²) in [6.45, 7) is 15.8. The van der Waals surface area contributed by atoms with Gasteiger partial charge in [-0.2, -0.15) is 0 Å². The summed E-state index contributed by atoms with van der Waals surface area (Å²) in [5.74, 6) is -1.22. The van der Waals surface area contributed by atoms with Crippen LogP contribution in [0.25, 0.3) is 6.08 Å². The van der Waals surface area contributed by atoms with E-state index in [4.69, 9.17) is 4.74 Å². The fourth-order valence-electron chi connectivity index (χ4n) is 5.96. The lowest BCUT2D eigenvalue weighted by Crippen LogP contribution is -2.30. The first-order valence-electron chi connectivity index (χ1n) is 14.2. The van der Waals surface area contributed by atoms with Crippen molar-refractivity contribution in [3.63, 3.8) is 0 Å². The van der Waals surface area contributed by atoms with E-state index >= 15 is 0 Å². The number of aromatic amines is 2. The lowest BCUT2D eigenvalue weighted by molar-refractivity contribution is -0.137. The highest BCUT2D eigenvalue weighted by atomic mass is 16.5. The normalized spacial score (nSPS) is 17.5. The van der Waals surface area contributed by atoms with Crippen molar-refractivity contribution in [3.8, 4) is 0 Å². The summed E-state index contributed by atoms with van der Waals surface area (Å²) in [5.41, 5.74) is 10.7. The molecule has 0 bridgehead atoms. The van der Waals surface area contributed by atoms with Crippen molar-refractivity contribution in [3.05, 3.63) is 98.3 Å². The minimum Gasteiger partial charge on any atom is -0.481 e. The average molecular weight is 587 g/mol. The highest BCUT2D eigenvalue weighted by molar-refractivity contribution is 6.03. The fraction of sp³-hybridized carbons (Fsp3) is 0.333. The highest BCUT2D eigenvalue weighted by Crippen LogP contribution is 2.31. The summed E-state index contributed by atoms with van der Waals surface area (Å²) in [6, 6.07) is -0.218. The van der Waals surface area contributed by atoms with Gasteiger partial charge in [-0.3, -0.25) is 19.2 Å². The number of aromatic nitrogens is 2. The Bertz CT molecular complexity index is 1610. The predicted molar refractivity (Wildman–Crippen MR) is 163 cm³/mol. The van der Waals surface area contributed by atoms with Crippen LogP contribution >= 0.6 is 0 Å². The number of carboxylic acids is 1. The largest absolute Gasteiger partial charge is 0.481 e. The van der Waals surface area contributed by atoms with Gasteiger partial charge in [0.1, 0.15) is 0 Å². The van der Waals surface area contributed by atoms with E-state index in [1.165, 1.54) is 6.08 Å². The minimum atomic E-state index is -0.895. The van der Waals surface area contributed by atoms with Gasteiger partial charge in [-0.1, -0.05) is 25.3 Å². The Balaban J connectivity index is 1.74. The number of carbonyl (C=O) groups is 4. The maximum absolute atomic E-state index is 12.3. The molecule has 0 radical (unpaired) electrons. The van der Waals surface area contributed by atoms with Crippen LogP contribution in [0.15, 0.2) is 53.3 Å². The third-order valence-corrected chi connectivity index (χ3v) is 8.43. The van der Waals surface area contributed by atoms with Crippen LogP contribution in [0.5, 0.6) is 0 Å². The Morgan fingerprint density at radius 2 is 1.63 bits per heavy atom. The monoisotopic (exact) mass is 586 g/mol. The molecule has 2 aromatic rings. The Morgan fingerprint density at radius 1 is 0.930 bits per heavy atom. The second-order valence-electron chi connectivity index (χ2n) is 10.9. The zero-order chi connectivity index (χ0) is 31.4. The van der Waals surface area contributed by atoms with E-state index in [2.05, 4.69) is 33.8 Å². The number of aliphatic carboxylic acids is 1. The molecular weight excluding hydrogens is 548 g/mol. The number of carboxylic acid groups (broad SMARTS) is 1. The van der Waals surface area contributed by atoms with Gasteiger partial charge in [0.05, 0.1) is 12.6 Å². The molecule has 2 aliphatic heterocycles. The predicted octanol–water partition coefficient (Wildman–Crippen LogP) is 3.80. The van der Waals surface area contributed by atoms with Crippen LogP contribution in [0.2, 0.25) is 0 Å². The molecular formula is C33H38N4O6. The topological polar surface area (TPSA) is 153 Å². The molecule has 0 aromatic carbocycles. The summed E-state index contributed by atoms with van der Waals surface area (Å²) in [4.78, 5) is 54.1. The lowest BCUT2D eigenvalue weighted by atomic mass is 9.97. The van der Waals surface area contributed by atoms with Crippen LogP contribution in [0, 0.1) is 13.8 Å². The van der Waals surface area contributed by atoms with Crippen molar-refractivity contribution in [1.82, 2.24) is 20.6 Å². The molecule has 0 fully saturated rings. The van der Waals surface area contributed by atoms with Crippen molar-refractivity contribution in [2.45, 2.75) is 65.8 Å². The van der Waals surface area contributed by atoms with Gasteiger partial charge < -0.3 is 30.4 Å². The lowest BCUT2D eigenvalue weighted by Gasteiger charge is -2.13. The third kappa shape index (κ3) is 6.33. The van der Waals surface area contributed by atoms with Crippen molar-refractivity contribution in [2.75, 3.05) is 6.61 Å². The van der Waals surface area contributed by atoms with Crippen molar-refractivity contribution >= 4 is 30.3 Å². The molecule has 4 heterocycles. The van der Waals surface area contributed by atoms with Gasteiger partial charge in [0.25, 0.3) is 12.4 Å². The molecule has 0 saturated carbocycles. The molecule has 0 aliphatic carbocycles. The Morgan fingerprint density at radius 3 is 2.26 bits per heavy atom. The number of hydrogen-bond donors (Lipinski definition) is 5.